The van der Waals surface area contributed by atoms with Gasteiger partial charge in [0.15, 0.2) is 0 Å². The Balaban J connectivity index is 2.52. The van der Waals surface area contributed by atoms with Gasteiger partial charge in [-0.05, 0) is 55.4 Å². The molecule has 1 aromatic rings. The van der Waals surface area contributed by atoms with Crippen molar-refractivity contribution in [2.24, 2.45) is 0 Å². The summed E-state index contributed by atoms with van der Waals surface area (Å²) in [5.74, 6) is 0. The number of fused-ring (bicyclic) bond motifs is 1. The molecule has 1 aromatic carbocycles. The maximum absolute atomic E-state index is 2.29. The van der Waals surface area contributed by atoms with E-state index in [0.717, 1.165) is 12.8 Å². The third-order valence-corrected chi connectivity index (χ3v) is 6.44. The maximum atomic E-state index is 2.29. The molecule has 0 bridgehead atoms. The zero-order valence-corrected chi connectivity index (χ0v) is 10.2. The fourth-order valence-corrected chi connectivity index (χ4v) is 6.44. The van der Waals surface area contributed by atoms with Crippen LogP contribution in [0.25, 0.3) is 0 Å². The molecule has 0 unspecified atom stereocenters. The van der Waals surface area contributed by atoms with Crippen molar-refractivity contribution in [1.82, 2.24) is 0 Å². The van der Waals surface area contributed by atoms with E-state index in [1.807, 2.05) is 31.4 Å². The number of hydrogen-bond donors (Lipinski definition) is 0. The molecule has 70 valence electrons. The number of hydrogen-bond acceptors (Lipinski definition) is 3. The summed E-state index contributed by atoms with van der Waals surface area (Å²) in [6, 6.07) is 4.58. The first-order valence-corrected chi connectivity index (χ1v) is 8.01. The Kier molecular flexibility index (Phi) is 3.17. The van der Waals surface area contributed by atoms with Crippen LogP contribution in [-0.2, 0) is 12.8 Å². The van der Waals surface area contributed by atoms with Crippen molar-refractivity contribution in [2.75, 3.05) is 0 Å². The molecule has 0 radical (unpaired) electrons. The van der Waals surface area contributed by atoms with Crippen LogP contribution in [-0.4, -0.2) is 0 Å². The molecule has 0 aromatic heterocycles. The van der Waals surface area contributed by atoms with E-state index in [4.69, 9.17) is 0 Å². The average Bonchev–Trinajstić information content (AvgIpc) is 2.64. The van der Waals surface area contributed by atoms with E-state index in [1.54, 1.807) is 0 Å². The van der Waals surface area contributed by atoms with Gasteiger partial charge in [0.25, 0.3) is 0 Å². The van der Waals surface area contributed by atoms with Gasteiger partial charge in [-0.2, -0.15) is 0 Å². The van der Waals surface area contributed by atoms with Crippen molar-refractivity contribution >= 4 is 31.4 Å². The summed E-state index contributed by atoms with van der Waals surface area (Å²) in [5, 5.41) is 0. The lowest BCUT2D eigenvalue weighted by molar-refractivity contribution is 0.982. The summed E-state index contributed by atoms with van der Waals surface area (Å²) >= 11 is 0. The first kappa shape index (κ1) is 9.81. The molecule has 2 rings (SSSR count). The quantitative estimate of drug-likeness (QED) is 0.680. The topological polar surface area (TPSA) is 0 Å². The summed E-state index contributed by atoms with van der Waals surface area (Å²) in [6.45, 7) is 4.46. The highest BCUT2D eigenvalue weighted by molar-refractivity contribution is 9.10. The van der Waals surface area contributed by atoms with Gasteiger partial charge in [-0.15, -0.1) is 0 Å². The van der Waals surface area contributed by atoms with Gasteiger partial charge >= 0.3 is 0 Å². The minimum Gasteiger partial charge on any atom is -0.0613 e. The zero-order chi connectivity index (χ0) is 9.26. The van der Waals surface area contributed by atoms with Crippen molar-refractivity contribution in [3.63, 3.8) is 0 Å². The third-order valence-electron chi connectivity index (χ3n) is 2.27. The molecule has 3 heteroatoms. The van der Waals surface area contributed by atoms with Gasteiger partial charge < -0.3 is 0 Å². The molecule has 13 heavy (non-hydrogen) atoms. The van der Waals surface area contributed by atoms with Crippen LogP contribution < -0.4 is 0 Å². The second-order valence-electron chi connectivity index (χ2n) is 2.98. The van der Waals surface area contributed by atoms with Gasteiger partial charge in [-0.25, -0.2) is 0 Å². The minimum atomic E-state index is 1.15. The van der Waals surface area contributed by atoms with Gasteiger partial charge in [0.2, 0.25) is 0 Å². The summed E-state index contributed by atoms with van der Waals surface area (Å²) < 4.78 is 0. The minimum absolute atomic E-state index is 1.15. The Morgan fingerprint density at radius 2 is 1.38 bits per heavy atom. The summed E-state index contributed by atoms with van der Waals surface area (Å²) in [4.78, 5) is 3.05. The highest BCUT2D eigenvalue weighted by Gasteiger charge is 2.19. The fourth-order valence-electron chi connectivity index (χ4n) is 1.47. The summed E-state index contributed by atoms with van der Waals surface area (Å²) in [5.41, 5.74) is 3.02. The maximum Gasteiger partial charge on any atom is 0.0370 e. The lowest BCUT2D eigenvalue weighted by atomic mass is 10.1. The SMILES string of the molecule is CCc1ccc(CC)c2c1SSS2. The Morgan fingerprint density at radius 3 is 1.77 bits per heavy atom. The molecule has 1 aliphatic rings. The molecule has 0 N–H and O–H groups in total. The van der Waals surface area contributed by atoms with Gasteiger partial charge in [0, 0.05) is 9.79 Å². The number of rotatable bonds is 2. The van der Waals surface area contributed by atoms with E-state index in [-0.39, 0.29) is 0 Å². The largest absolute Gasteiger partial charge is 0.0613 e. The van der Waals surface area contributed by atoms with Crippen molar-refractivity contribution < 1.29 is 0 Å². The van der Waals surface area contributed by atoms with Crippen LogP contribution in [0.5, 0.6) is 0 Å². The van der Waals surface area contributed by atoms with Gasteiger partial charge in [0.1, 0.15) is 0 Å². The highest BCUT2D eigenvalue weighted by Crippen LogP contribution is 2.57. The highest BCUT2D eigenvalue weighted by atomic mass is 33.5. The Bertz CT molecular complexity index is 289. The standard InChI is InChI=1S/C10H12S3/c1-3-7-5-6-8(4-2)10-9(7)11-13-12-10/h5-6H,3-4H2,1-2H3. The van der Waals surface area contributed by atoms with E-state index in [2.05, 4.69) is 26.0 Å². The predicted molar refractivity (Wildman–Crippen MR) is 64.5 cm³/mol. The molecular formula is C10H12S3. The first-order chi connectivity index (χ1) is 6.36. The molecule has 0 nitrogen and oxygen atoms in total. The van der Waals surface area contributed by atoms with Crippen LogP contribution >= 0.6 is 31.4 Å². The molecule has 0 saturated carbocycles. The monoisotopic (exact) mass is 228 g/mol. The van der Waals surface area contributed by atoms with Crippen LogP contribution in [0.3, 0.4) is 0 Å². The Morgan fingerprint density at radius 1 is 0.923 bits per heavy atom. The van der Waals surface area contributed by atoms with Crippen LogP contribution in [0.1, 0.15) is 25.0 Å². The fraction of sp³-hybridized carbons (Fsp3) is 0.400. The van der Waals surface area contributed by atoms with E-state index in [1.165, 1.54) is 20.9 Å². The lowest BCUT2D eigenvalue weighted by Gasteiger charge is -2.07. The number of aryl methyl sites for hydroxylation is 2. The molecule has 0 fully saturated rings. The van der Waals surface area contributed by atoms with Crippen molar-refractivity contribution in [3.05, 3.63) is 23.3 Å². The van der Waals surface area contributed by atoms with E-state index in [9.17, 15) is 0 Å². The van der Waals surface area contributed by atoms with E-state index >= 15 is 0 Å². The second-order valence-corrected chi connectivity index (χ2v) is 6.90. The second kappa shape index (κ2) is 4.20. The molecule has 0 atom stereocenters. The van der Waals surface area contributed by atoms with Gasteiger partial charge in [-0.3, -0.25) is 0 Å². The lowest BCUT2D eigenvalue weighted by Crippen LogP contribution is -1.90. The van der Waals surface area contributed by atoms with Crippen LogP contribution in [0.2, 0.25) is 0 Å². The first-order valence-electron chi connectivity index (χ1n) is 4.52. The van der Waals surface area contributed by atoms with Crippen LogP contribution in [0.15, 0.2) is 21.9 Å². The van der Waals surface area contributed by atoms with E-state index in [0.29, 0.717) is 0 Å². The van der Waals surface area contributed by atoms with Gasteiger partial charge in [-0.1, -0.05) is 26.0 Å². The van der Waals surface area contributed by atoms with Crippen LogP contribution in [0, 0.1) is 0 Å². The van der Waals surface area contributed by atoms with Crippen molar-refractivity contribution in [1.29, 1.82) is 0 Å². The molecule has 0 aliphatic carbocycles. The predicted octanol–water partition coefficient (Wildman–Crippen LogP) is 4.57. The van der Waals surface area contributed by atoms with Gasteiger partial charge in [0.05, 0.1) is 0 Å². The number of benzene rings is 1. The molecular weight excluding hydrogens is 216 g/mol. The zero-order valence-electron chi connectivity index (χ0n) is 7.79. The Labute approximate surface area is 91.1 Å². The van der Waals surface area contributed by atoms with Crippen LogP contribution in [0.4, 0.5) is 0 Å². The molecule has 0 spiro atoms. The molecule has 0 saturated heterocycles. The van der Waals surface area contributed by atoms with Crippen molar-refractivity contribution in [3.8, 4) is 0 Å². The summed E-state index contributed by atoms with van der Waals surface area (Å²) in [7, 11) is 5.75. The third kappa shape index (κ3) is 1.74. The molecule has 1 aliphatic heterocycles. The molecule has 0 amide bonds. The Hall–Kier alpha value is 0.270. The molecule has 1 heterocycles. The smallest absolute Gasteiger partial charge is 0.0370 e. The summed E-state index contributed by atoms with van der Waals surface area (Å²) in [6.07, 6.45) is 2.31. The van der Waals surface area contributed by atoms with Crippen molar-refractivity contribution in [2.45, 2.75) is 36.5 Å². The normalized spacial score (nSPS) is 14.6. The average molecular weight is 228 g/mol. The van der Waals surface area contributed by atoms with E-state index < -0.39 is 0 Å².